The van der Waals surface area contributed by atoms with E-state index in [1.165, 1.54) is 0 Å². The van der Waals surface area contributed by atoms with E-state index in [4.69, 9.17) is 11.6 Å². The van der Waals surface area contributed by atoms with Crippen LogP contribution in [0.5, 0.6) is 0 Å². The molecule has 78 valence electrons. The van der Waals surface area contributed by atoms with E-state index in [0.29, 0.717) is 22.0 Å². The molecule has 1 aliphatic rings. The normalized spacial score (nSPS) is 23.3. The predicted octanol–water partition coefficient (Wildman–Crippen LogP) is 2.52. The molecule has 0 amide bonds. The summed E-state index contributed by atoms with van der Waals surface area (Å²) in [4.78, 5) is 8.77. The number of halogens is 1. The number of fused-ring (bicyclic) bond motifs is 1. The third-order valence-electron chi connectivity index (χ3n) is 3.09. The average Bonchev–Trinajstić information content (AvgIpc) is 2.63. The number of nitrogens with zero attached hydrogens (tertiary/aromatic N) is 3. The molecule has 0 aliphatic heterocycles. The molecule has 0 spiro atoms. The van der Waals surface area contributed by atoms with Gasteiger partial charge in [0.2, 0.25) is 0 Å². The smallest absolute Gasteiger partial charge is 0.160 e. The Hall–Kier alpha value is -1.16. The molecule has 0 aromatic carbocycles. The largest absolute Gasteiger partial charge is 0.283 e. The monoisotopic (exact) mass is 222 g/mol. The first-order valence-corrected chi connectivity index (χ1v) is 5.33. The third kappa shape index (κ3) is 1.32. The fourth-order valence-corrected chi connectivity index (χ4v) is 2.11. The lowest BCUT2D eigenvalue weighted by molar-refractivity contribution is 0.609. The van der Waals surface area contributed by atoms with E-state index in [-0.39, 0.29) is 0 Å². The number of aromatic amines is 1. The fourth-order valence-electron chi connectivity index (χ4n) is 1.89. The number of hydrogen-bond acceptors (Lipinski definition) is 3. The number of hydrogen-bond donors (Lipinski definition) is 1. The van der Waals surface area contributed by atoms with Gasteiger partial charge in [-0.2, -0.15) is 5.10 Å². The van der Waals surface area contributed by atoms with E-state index in [1.807, 2.05) is 0 Å². The van der Waals surface area contributed by atoms with Crippen LogP contribution >= 0.6 is 11.6 Å². The van der Waals surface area contributed by atoms with Crippen molar-refractivity contribution in [3.63, 3.8) is 0 Å². The summed E-state index contributed by atoms with van der Waals surface area (Å²) in [6, 6.07) is 0. The zero-order valence-corrected chi connectivity index (χ0v) is 9.34. The lowest BCUT2D eigenvalue weighted by Crippen LogP contribution is -1.97. The van der Waals surface area contributed by atoms with Crippen molar-refractivity contribution in [1.82, 2.24) is 20.2 Å². The maximum Gasteiger partial charge on any atom is 0.160 e. The summed E-state index contributed by atoms with van der Waals surface area (Å²) in [6.45, 7) is 4.43. The second kappa shape index (κ2) is 2.70. The Morgan fingerprint density at radius 1 is 1.47 bits per heavy atom. The van der Waals surface area contributed by atoms with E-state index < -0.39 is 0 Å². The highest BCUT2D eigenvalue weighted by Crippen LogP contribution is 2.57. The van der Waals surface area contributed by atoms with Crippen LogP contribution in [0, 0.1) is 5.41 Å². The van der Waals surface area contributed by atoms with E-state index in [9.17, 15) is 0 Å². The number of aromatic nitrogens is 4. The van der Waals surface area contributed by atoms with Gasteiger partial charge in [-0.1, -0.05) is 25.4 Å². The molecule has 1 unspecified atom stereocenters. The van der Waals surface area contributed by atoms with E-state index in [1.54, 1.807) is 6.20 Å². The molecule has 2 aromatic heterocycles. The zero-order valence-electron chi connectivity index (χ0n) is 8.58. The van der Waals surface area contributed by atoms with Gasteiger partial charge in [0, 0.05) is 12.1 Å². The van der Waals surface area contributed by atoms with E-state index in [2.05, 4.69) is 34.0 Å². The Labute approximate surface area is 92.1 Å². The predicted molar refractivity (Wildman–Crippen MR) is 57.8 cm³/mol. The Balaban J connectivity index is 2.13. The van der Waals surface area contributed by atoms with Crippen LogP contribution in [0.15, 0.2) is 6.20 Å². The van der Waals surface area contributed by atoms with Crippen LogP contribution in [-0.4, -0.2) is 20.2 Å². The summed E-state index contributed by atoms with van der Waals surface area (Å²) >= 11 is 6.03. The maximum atomic E-state index is 6.03. The Kier molecular flexibility index (Phi) is 1.63. The average molecular weight is 223 g/mol. The summed E-state index contributed by atoms with van der Waals surface area (Å²) < 4.78 is 0. The minimum atomic E-state index is 0.320. The van der Waals surface area contributed by atoms with E-state index in [0.717, 1.165) is 17.8 Å². The summed E-state index contributed by atoms with van der Waals surface area (Å²) in [5, 5.41) is 7.19. The zero-order chi connectivity index (χ0) is 10.6. The van der Waals surface area contributed by atoms with Crippen LogP contribution < -0.4 is 0 Å². The molecule has 0 saturated heterocycles. The second-order valence-electron chi connectivity index (χ2n) is 4.74. The van der Waals surface area contributed by atoms with Crippen LogP contribution in [0.3, 0.4) is 0 Å². The maximum absolute atomic E-state index is 6.03. The van der Waals surface area contributed by atoms with Crippen LogP contribution in [0.4, 0.5) is 0 Å². The van der Waals surface area contributed by atoms with Gasteiger partial charge in [0.25, 0.3) is 0 Å². The SMILES string of the molecule is CC1(C)CC1c1nc(Cl)c2n[nH]cc2n1. The molecule has 15 heavy (non-hydrogen) atoms. The molecule has 2 aromatic rings. The fraction of sp³-hybridized carbons (Fsp3) is 0.500. The Morgan fingerprint density at radius 3 is 2.87 bits per heavy atom. The van der Waals surface area contributed by atoms with Gasteiger partial charge in [-0.05, 0) is 11.8 Å². The van der Waals surface area contributed by atoms with Crippen molar-refractivity contribution in [2.75, 3.05) is 0 Å². The van der Waals surface area contributed by atoms with Crippen molar-refractivity contribution in [2.45, 2.75) is 26.2 Å². The molecule has 0 bridgehead atoms. The quantitative estimate of drug-likeness (QED) is 0.755. The minimum Gasteiger partial charge on any atom is -0.283 e. The van der Waals surface area contributed by atoms with Gasteiger partial charge in [-0.15, -0.1) is 0 Å². The van der Waals surface area contributed by atoms with Crippen LogP contribution in [-0.2, 0) is 0 Å². The lowest BCUT2D eigenvalue weighted by atomic mass is 10.1. The topological polar surface area (TPSA) is 54.5 Å². The van der Waals surface area contributed by atoms with Gasteiger partial charge < -0.3 is 0 Å². The summed E-state index contributed by atoms with van der Waals surface area (Å²) in [6.07, 6.45) is 2.88. The Bertz CT molecular complexity index is 531. The van der Waals surface area contributed by atoms with Gasteiger partial charge in [-0.3, -0.25) is 5.10 Å². The first kappa shape index (κ1) is 9.09. The number of nitrogens with one attached hydrogen (secondary N) is 1. The summed E-state index contributed by atoms with van der Waals surface area (Å²) in [5.41, 5.74) is 1.77. The molecular formula is C10H11ClN4. The van der Waals surface area contributed by atoms with Crippen molar-refractivity contribution in [1.29, 1.82) is 0 Å². The number of rotatable bonds is 1. The molecule has 1 saturated carbocycles. The Morgan fingerprint density at radius 2 is 2.20 bits per heavy atom. The molecular weight excluding hydrogens is 212 g/mol. The van der Waals surface area contributed by atoms with Crippen molar-refractivity contribution >= 4 is 22.6 Å². The highest BCUT2D eigenvalue weighted by molar-refractivity contribution is 6.33. The number of H-pyrrole nitrogens is 1. The molecule has 3 rings (SSSR count). The van der Waals surface area contributed by atoms with Crippen LogP contribution in [0.1, 0.15) is 32.0 Å². The second-order valence-corrected chi connectivity index (χ2v) is 5.10. The first-order valence-electron chi connectivity index (χ1n) is 4.95. The van der Waals surface area contributed by atoms with Crippen molar-refractivity contribution < 1.29 is 0 Å². The third-order valence-corrected chi connectivity index (χ3v) is 3.35. The molecule has 2 heterocycles. The van der Waals surface area contributed by atoms with Gasteiger partial charge >= 0.3 is 0 Å². The van der Waals surface area contributed by atoms with Crippen molar-refractivity contribution in [3.05, 3.63) is 17.2 Å². The minimum absolute atomic E-state index is 0.320. The molecule has 1 N–H and O–H groups in total. The van der Waals surface area contributed by atoms with Crippen molar-refractivity contribution in [3.8, 4) is 0 Å². The molecule has 0 radical (unpaired) electrons. The highest BCUT2D eigenvalue weighted by atomic mass is 35.5. The summed E-state index contributed by atoms with van der Waals surface area (Å²) in [5.74, 6) is 1.29. The highest BCUT2D eigenvalue weighted by Gasteiger charge is 2.48. The molecule has 4 nitrogen and oxygen atoms in total. The van der Waals surface area contributed by atoms with Gasteiger partial charge in [0.05, 0.1) is 0 Å². The molecule has 1 aliphatic carbocycles. The first-order chi connectivity index (χ1) is 7.08. The van der Waals surface area contributed by atoms with Gasteiger partial charge in [-0.25, -0.2) is 9.97 Å². The van der Waals surface area contributed by atoms with E-state index >= 15 is 0 Å². The summed E-state index contributed by atoms with van der Waals surface area (Å²) in [7, 11) is 0. The van der Waals surface area contributed by atoms with Crippen molar-refractivity contribution in [2.24, 2.45) is 5.41 Å². The molecule has 1 fully saturated rings. The van der Waals surface area contributed by atoms with Gasteiger partial charge in [0.15, 0.2) is 5.15 Å². The standard InChI is InChI=1S/C10H11ClN4/c1-10(2)3-5(10)9-13-6-4-12-15-7(6)8(11)14-9/h4-5H,3H2,1-2H3,(H,12,15). The van der Waals surface area contributed by atoms with Crippen LogP contribution in [0.2, 0.25) is 5.15 Å². The molecule has 1 atom stereocenters. The lowest BCUT2D eigenvalue weighted by Gasteiger charge is -2.02. The molecule has 5 heteroatoms. The van der Waals surface area contributed by atoms with Gasteiger partial charge in [0.1, 0.15) is 16.9 Å². The van der Waals surface area contributed by atoms with Crippen LogP contribution in [0.25, 0.3) is 11.0 Å².